The second-order valence-corrected chi connectivity index (χ2v) is 4.69. The molecule has 1 heterocycles. The summed E-state index contributed by atoms with van der Waals surface area (Å²) >= 11 is 0. The molecule has 5 heteroatoms. The van der Waals surface area contributed by atoms with Crippen molar-refractivity contribution >= 4 is 5.78 Å². The van der Waals surface area contributed by atoms with Crippen LogP contribution in [0.1, 0.15) is 5.56 Å². The minimum Gasteiger partial charge on any atom is -0.365 e. The van der Waals surface area contributed by atoms with Gasteiger partial charge in [-0.1, -0.05) is 36.4 Å². The van der Waals surface area contributed by atoms with Crippen molar-refractivity contribution in [1.29, 1.82) is 0 Å². The van der Waals surface area contributed by atoms with E-state index in [1.807, 2.05) is 30.3 Å². The molecule has 0 amide bonds. The fourth-order valence-electron chi connectivity index (χ4n) is 2.16. The summed E-state index contributed by atoms with van der Waals surface area (Å²) in [6, 6.07) is 9.70. The summed E-state index contributed by atoms with van der Waals surface area (Å²) in [4.78, 5) is 12.0. The van der Waals surface area contributed by atoms with Gasteiger partial charge in [-0.25, -0.2) is 0 Å². The second kappa shape index (κ2) is 8.05. The highest BCUT2D eigenvalue weighted by Gasteiger charge is 2.41. The number of hydrogen-bond donors (Lipinski definition) is 0. The number of Topliss-reactive ketones (excluding diaryl/α,β-unsaturated/α-hetero) is 1. The SMILES string of the molecule is C=CCO[C@H]1C(=O)CO[C@H](OC)[C@@H]1OCc1ccccc1. The molecule has 0 bridgehead atoms. The average molecular weight is 292 g/mol. The Balaban J connectivity index is 2.04. The van der Waals surface area contributed by atoms with Crippen LogP contribution in [0.25, 0.3) is 0 Å². The van der Waals surface area contributed by atoms with Gasteiger partial charge >= 0.3 is 0 Å². The fourth-order valence-corrected chi connectivity index (χ4v) is 2.16. The van der Waals surface area contributed by atoms with Crippen LogP contribution < -0.4 is 0 Å². The lowest BCUT2D eigenvalue weighted by atomic mass is 10.1. The summed E-state index contributed by atoms with van der Waals surface area (Å²) in [5, 5.41) is 0. The Morgan fingerprint density at radius 3 is 2.76 bits per heavy atom. The normalized spacial score (nSPS) is 25.8. The van der Waals surface area contributed by atoms with Crippen molar-refractivity contribution in [2.75, 3.05) is 20.3 Å². The Labute approximate surface area is 124 Å². The first-order valence-electron chi connectivity index (χ1n) is 6.81. The molecule has 21 heavy (non-hydrogen) atoms. The topological polar surface area (TPSA) is 54.0 Å². The largest absolute Gasteiger partial charge is 0.365 e. The molecule has 0 saturated carbocycles. The van der Waals surface area contributed by atoms with E-state index in [2.05, 4.69) is 6.58 Å². The van der Waals surface area contributed by atoms with Crippen LogP contribution in [0.15, 0.2) is 43.0 Å². The van der Waals surface area contributed by atoms with Crippen molar-refractivity contribution in [1.82, 2.24) is 0 Å². The maximum atomic E-state index is 12.0. The van der Waals surface area contributed by atoms with Crippen LogP contribution in [0.5, 0.6) is 0 Å². The first-order valence-corrected chi connectivity index (χ1v) is 6.81. The van der Waals surface area contributed by atoms with Crippen molar-refractivity contribution < 1.29 is 23.7 Å². The number of rotatable bonds is 7. The predicted molar refractivity (Wildman–Crippen MR) is 76.7 cm³/mol. The molecule has 1 aliphatic rings. The molecule has 114 valence electrons. The minimum absolute atomic E-state index is 0.0362. The first-order chi connectivity index (χ1) is 10.3. The average Bonchev–Trinajstić information content (AvgIpc) is 2.53. The lowest BCUT2D eigenvalue weighted by molar-refractivity contribution is -0.245. The van der Waals surface area contributed by atoms with E-state index in [4.69, 9.17) is 18.9 Å². The molecule has 1 aromatic carbocycles. The molecule has 0 aromatic heterocycles. The third-order valence-electron chi connectivity index (χ3n) is 3.19. The van der Waals surface area contributed by atoms with E-state index >= 15 is 0 Å². The fraction of sp³-hybridized carbons (Fsp3) is 0.438. The van der Waals surface area contributed by atoms with E-state index in [1.54, 1.807) is 6.08 Å². The van der Waals surface area contributed by atoms with Gasteiger partial charge in [0.25, 0.3) is 0 Å². The van der Waals surface area contributed by atoms with Crippen LogP contribution in [0.2, 0.25) is 0 Å². The Bertz CT molecular complexity index is 459. The molecule has 0 radical (unpaired) electrons. The molecule has 1 aromatic rings. The Morgan fingerprint density at radius 1 is 1.33 bits per heavy atom. The molecular weight excluding hydrogens is 272 g/mol. The lowest BCUT2D eigenvalue weighted by Crippen LogP contribution is -2.53. The summed E-state index contributed by atoms with van der Waals surface area (Å²) in [5.74, 6) is -0.150. The zero-order chi connectivity index (χ0) is 15.1. The van der Waals surface area contributed by atoms with E-state index in [9.17, 15) is 4.79 Å². The van der Waals surface area contributed by atoms with Crippen molar-refractivity contribution in [3.63, 3.8) is 0 Å². The number of ketones is 1. The van der Waals surface area contributed by atoms with Crippen LogP contribution >= 0.6 is 0 Å². The maximum absolute atomic E-state index is 12.0. The van der Waals surface area contributed by atoms with Crippen molar-refractivity contribution in [2.45, 2.75) is 25.1 Å². The molecule has 1 aliphatic heterocycles. The van der Waals surface area contributed by atoms with Gasteiger partial charge in [0.05, 0.1) is 13.2 Å². The molecule has 0 N–H and O–H groups in total. The number of carbonyl (C=O) groups is 1. The predicted octanol–water partition coefficient (Wildman–Crippen LogP) is 1.71. The number of methoxy groups -OCH3 is 1. The van der Waals surface area contributed by atoms with Gasteiger partial charge in [-0.3, -0.25) is 4.79 Å². The van der Waals surface area contributed by atoms with E-state index in [1.165, 1.54) is 7.11 Å². The molecule has 1 saturated heterocycles. The van der Waals surface area contributed by atoms with Crippen molar-refractivity contribution in [3.05, 3.63) is 48.6 Å². The van der Waals surface area contributed by atoms with Crippen LogP contribution in [-0.2, 0) is 30.3 Å². The van der Waals surface area contributed by atoms with E-state index in [0.29, 0.717) is 6.61 Å². The van der Waals surface area contributed by atoms with E-state index < -0.39 is 18.5 Å². The quantitative estimate of drug-likeness (QED) is 0.716. The number of hydrogen-bond acceptors (Lipinski definition) is 5. The highest BCUT2D eigenvalue weighted by molar-refractivity contribution is 5.85. The molecule has 1 fully saturated rings. The van der Waals surface area contributed by atoms with Gasteiger partial charge in [0.15, 0.2) is 12.1 Å². The van der Waals surface area contributed by atoms with Crippen LogP contribution in [0.3, 0.4) is 0 Å². The standard InChI is InChI=1S/C16H20O5/c1-3-9-19-14-13(17)11-21-16(18-2)15(14)20-10-12-7-5-4-6-8-12/h3-8,14-16H,1,9-11H2,2H3/t14-,15+,16-/m0/s1. The third kappa shape index (κ3) is 4.22. The molecule has 5 nitrogen and oxygen atoms in total. The van der Waals surface area contributed by atoms with Gasteiger partial charge < -0.3 is 18.9 Å². The van der Waals surface area contributed by atoms with E-state index in [0.717, 1.165) is 5.56 Å². The van der Waals surface area contributed by atoms with Gasteiger partial charge in [0.2, 0.25) is 0 Å². The highest BCUT2D eigenvalue weighted by Crippen LogP contribution is 2.21. The van der Waals surface area contributed by atoms with Crippen LogP contribution in [0, 0.1) is 0 Å². The highest BCUT2D eigenvalue weighted by atomic mass is 16.7. The number of carbonyl (C=O) groups excluding carboxylic acids is 1. The zero-order valence-corrected chi connectivity index (χ0v) is 12.1. The number of benzene rings is 1. The van der Waals surface area contributed by atoms with Gasteiger partial charge in [-0.15, -0.1) is 6.58 Å². The third-order valence-corrected chi connectivity index (χ3v) is 3.19. The van der Waals surface area contributed by atoms with Crippen molar-refractivity contribution in [3.8, 4) is 0 Å². The first kappa shape index (κ1) is 15.9. The minimum atomic E-state index is -0.703. The Kier molecular flexibility index (Phi) is 6.07. The molecule has 0 spiro atoms. The van der Waals surface area contributed by atoms with E-state index in [-0.39, 0.29) is 19.0 Å². The monoisotopic (exact) mass is 292 g/mol. The number of ether oxygens (including phenoxy) is 4. The molecule has 0 unspecified atom stereocenters. The zero-order valence-electron chi connectivity index (χ0n) is 12.1. The van der Waals surface area contributed by atoms with Gasteiger partial charge in [-0.05, 0) is 5.56 Å². The summed E-state index contributed by atoms with van der Waals surface area (Å²) in [5.41, 5.74) is 1.01. The van der Waals surface area contributed by atoms with Gasteiger partial charge in [0, 0.05) is 7.11 Å². The second-order valence-electron chi connectivity index (χ2n) is 4.69. The summed E-state index contributed by atoms with van der Waals surface area (Å²) in [6.45, 7) is 4.19. The smallest absolute Gasteiger partial charge is 0.190 e. The van der Waals surface area contributed by atoms with Crippen molar-refractivity contribution in [2.24, 2.45) is 0 Å². The summed E-state index contributed by atoms with van der Waals surface area (Å²) in [7, 11) is 1.52. The molecule has 0 aliphatic carbocycles. The summed E-state index contributed by atoms with van der Waals surface area (Å²) in [6.07, 6.45) is -0.332. The molecule has 2 rings (SSSR count). The maximum Gasteiger partial charge on any atom is 0.190 e. The van der Waals surface area contributed by atoms with Crippen LogP contribution in [0.4, 0.5) is 0 Å². The molecule has 3 atom stereocenters. The summed E-state index contributed by atoms with van der Waals surface area (Å²) < 4.78 is 21.9. The molecular formula is C16H20O5. The Hall–Kier alpha value is -1.53. The van der Waals surface area contributed by atoms with Gasteiger partial charge in [-0.2, -0.15) is 0 Å². The van der Waals surface area contributed by atoms with Gasteiger partial charge in [0.1, 0.15) is 18.8 Å². The van der Waals surface area contributed by atoms with Crippen LogP contribution in [-0.4, -0.2) is 44.6 Å². The lowest BCUT2D eigenvalue weighted by Gasteiger charge is -2.35. The Morgan fingerprint density at radius 2 is 2.10 bits per heavy atom.